The number of alkyl halides is 3. The molecule has 2 rings (SSSR count). The zero-order valence-electron chi connectivity index (χ0n) is 15.8. The van der Waals surface area contributed by atoms with Crippen LogP contribution in [0.4, 0.5) is 13.2 Å². The molecule has 29 heavy (non-hydrogen) atoms. The Labute approximate surface area is 194 Å². The Hall–Kier alpha value is -1.17. The molecular weight excluding hydrogens is 543 g/mol. The van der Waals surface area contributed by atoms with Crippen LogP contribution in [0.1, 0.15) is 16.8 Å². The van der Waals surface area contributed by atoms with E-state index < -0.39 is 12.8 Å². The second-order valence-corrected chi connectivity index (χ2v) is 6.81. The topological polar surface area (TPSA) is 50.6 Å². The molecule has 0 saturated carbocycles. The number of nitrogens with one attached hydrogen (secondary N) is 2. The average molecular weight is 565 g/mol. The fourth-order valence-electron chi connectivity index (χ4n) is 2.45. The summed E-state index contributed by atoms with van der Waals surface area (Å²) in [6.07, 6.45) is -4.33. The van der Waals surface area contributed by atoms with E-state index in [-0.39, 0.29) is 30.6 Å². The third kappa shape index (κ3) is 8.61. The van der Waals surface area contributed by atoms with Crippen molar-refractivity contribution in [1.29, 1.82) is 0 Å². The van der Waals surface area contributed by atoms with Crippen LogP contribution in [0.2, 0.25) is 10.2 Å². The summed E-state index contributed by atoms with van der Waals surface area (Å²) in [7, 11) is 3.45. The minimum Gasteiger partial charge on any atom is -0.367 e. The Morgan fingerprint density at radius 2 is 1.79 bits per heavy atom. The molecule has 1 aromatic heterocycles. The lowest BCUT2D eigenvalue weighted by Crippen LogP contribution is -2.36. The predicted molar refractivity (Wildman–Crippen MR) is 120 cm³/mol. The highest BCUT2D eigenvalue weighted by atomic mass is 127. The van der Waals surface area contributed by atoms with E-state index in [0.717, 1.165) is 11.3 Å². The quantitative estimate of drug-likeness (QED) is 0.286. The highest BCUT2D eigenvalue weighted by Gasteiger charge is 2.27. The van der Waals surface area contributed by atoms with E-state index >= 15 is 0 Å². The van der Waals surface area contributed by atoms with Gasteiger partial charge in [0.15, 0.2) is 5.96 Å². The molecule has 162 valence electrons. The number of rotatable bonds is 7. The van der Waals surface area contributed by atoms with E-state index in [2.05, 4.69) is 15.6 Å². The maximum absolute atomic E-state index is 12.2. The molecule has 11 heteroatoms. The normalized spacial score (nSPS) is 11.9. The Morgan fingerprint density at radius 1 is 1.14 bits per heavy atom. The van der Waals surface area contributed by atoms with E-state index in [4.69, 9.17) is 27.9 Å². The molecule has 0 amide bonds. The van der Waals surface area contributed by atoms with Crippen LogP contribution in [0, 0.1) is 0 Å². The molecule has 0 saturated heterocycles. The van der Waals surface area contributed by atoms with Gasteiger partial charge in [0.25, 0.3) is 0 Å². The molecule has 0 aliphatic rings. The van der Waals surface area contributed by atoms with Crippen LogP contribution < -0.4 is 10.6 Å². The first-order chi connectivity index (χ1) is 13.2. The van der Waals surface area contributed by atoms with Crippen LogP contribution in [0.5, 0.6) is 0 Å². The van der Waals surface area contributed by atoms with E-state index in [9.17, 15) is 13.2 Å². The average Bonchev–Trinajstić information content (AvgIpc) is 2.88. The molecule has 0 unspecified atom stereocenters. The van der Waals surface area contributed by atoms with Crippen molar-refractivity contribution in [3.63, 3.8) is 0 Å². The minimum atomic E-state index is -4.33. The highest BCUT2D eigenvalue weighted by Crippen LogP contribution is 2.24. The number of ether oxygens (including phenoxy) is 1. The second kappa shape index (κ2) is 11.9. The molecule has 0 fully saturated rings. The first kappa shape index (κ1) is 25.9. The van der Waals surface area contributed by atoms with Gasteiger partial charge in [-0.3, -0.25) is 4.99 Å². The largest absolute Gasteiger partial charge is 0.411 e. The van der Waals surface area contributed by atoms with Gasteiger partial charge in [-0.05, 0) is 17.2 Å². The molecule has 0 spiro atoms. The summed E-state index contributed by atoms with van der Waals surface area (Å²) in [5, 5.41) is 7.25. The summed E-state index contributed by atoms with van der Waals surface area (Å²) < 4.78 is 42.9. The number of aliphatic imine (C=N–C) groups is 1. The van der Waals surface area contributed by atoms with Crippen molar-refractivity contribution in [3.05, 3.63) is 57.3 Å². The fraction of sp³-hybridized carbons (Fsp3) is 0.389. The number of aromatic nitrogens is 1. The summed E-state index contributed by atoms with van der Waals surface area (Å²) in [6, 6.07) is 8.91. The number of halogens is 6. The van der Waals surface area contributed by atoms with Crippen LogP contribution in [0.15, 0.2) is 35.3 Å². The first-order valence-corrected chi connectivity index (χ1v) is 9.11. The van der Waals surface area contributed by atoms with Gasteiger partial charge < -0.3 is 19.9 Å². The zero-order chi connectivity index (χ0) is 20.7. The van der Waals surface area contributed by atoms with Crippen molar-refractivity contribution in [3.8, 4) is 0 Å². The van der Waals surface area contributed by atoms with Gasteiger partial charge >= 0.3 is 6.18 Å². The third-order valence-corrected chi connectivity index (χ3v) is 4.70. The lowest BCUT2D eigenvalue weighted by molar-refractivity contribution is -0.176. The van der Waals surface area contributed by atoms with Crippen molar-refractivity contribution < 1.29 is 17.9 Å². The van der Waals surface area contributed by atoms with E-state index in [1.54, 1.807) is 35.9 Å². The van der Waals surface area contributed by atoms with Gasteiger partial charge in [-0.1, -0.05) is 47.5 Å². The van der Waals surface area contributed by atoms with Gasteiger partial charge in [0, 0.05) is 26.3 Å². The number of nitrogens with zero attached hydrogens (tertiary/aromatic N) is 2. The highest BCUT2D eigenvalue weighted by molar-refractivity contribution is 14.0. The van der Waals surface area contributed by atoms with Crippen LogP contribution in [-0.2, 0) is 31.5 Å². The summed E-state index contributed by atoms with van der Waals surface area (Å²) in [5.74, 6) is 0.562. The van der Waals surface area contributed by atoms with Gasteiger partial charge in [-0.2, -0.15) is 13.2 Å². The summed E-state index contributed by atoms with van der Waals surface area (Å²) in [6.45, 7) is -0.454. The molecule has 2 aromatic rings. The van der Waals surface area contributed by atoms with Crippen molar-refractivity contribution in [2.45, 2.75) is 25.9 Å². The maximum Gasteiger partial charge on any atom is 0.411 e. The van der Waals surface area contributed by atoms with Gasteiger partial charge in [-0.25, -0.2) is 0 Å². The van der Waals surface area contributed by atoms with Crippen molar-refractivity contribution in [2.24, 2.45) is 12.0 Å². The second-order valence-electron chi connectivity index (χ2n) is 6.04. The van der Waals surface area contributed by atoms with Gasteiger partial charge in [0.05, 0.1) is 18.2 Å². The van der Waals surface area contributed by atoms with Gasteiger partial charge in [-0.15, -0.1) is 24.0 Å². The van der Waals surface area contributed by atoms with Crippen LogP contribution in [-0.4, -0.2) is 30.4 Å². The first-order valence-electron chi connectivity index (χ1n) is 8.36. The fourth-order valence-corrected chi connectivity index (χ4v) is 2.87. The van der Waals surface area contributed by atoms with Crippen LogP contribution >= 0.6 is 47.2 Å². The Balaban J connectivity index is 0.00000420. The molecule has 1 aromatic carbocycles. The molecule has 1 heterocycles. The summed E-state index contributed by atoms with van der Waals surface area (Å²) >= 11 is 12.1. The minimum absolute atomic E-state index is 0. The molecule has 0 aliphatic heterocycles. The van der Waals surface area contributed by atoms with Crippen molar-refractivity contribution in [2.75, 3.05) is 13.7 Å². The Kier molecular flexibility index (Phi) is 10.6. The van der Waals surface area contributed by atoms with Crippen molar-refractivity contribution >= 4 is 53.1 Å². The molecule has 0 atom stereocenters. The Bertz CT molecular complexity index is 828. The summed E-state index contributed by atoms with van der Waals surface area (Å²) in [4.78, 5) is 4.15. The van der Waals surface area contributed by atoms with Crippen LogP contribution in [0.3, 0.4) is 0 Å². The van der Waals surface area contributed by atoms with E-state index in [0.29, 0.717) is 34.8 Å². The maximum atomic E-state index is 12.2. The van der Waals surface area contributed by atoms with Crippen molar-refractivity contribution in [1.82, 2.24) is 15.2 Å². The number of hydrogen-bond acceptors (Lipinski definition) is 2. The zero-order valence-corrected chi connectivity index (χ0v) is 19.7. The molecule has 5 nitrogen and oxygen atoms in total. The third-order valence-electron chi connectivity index (χ3n) is 3.86. The molecule has 0 bridgehead atoms. The van der Waals surface area contributed by atoms with E-state index in [1.807, 2.05) is 13.1 Å². The van der Waals surface area contributed by atoms with Gasteiger partial charge in [0.2, 0.25) is 0 Å². The van der Waals surface area contributed by atoms with Crippen LogP contribution in [0.25, 0.3) is 0 Å². The molecular formula is C18H22Cl2F3IN4O. The Morgan fingerprint density at radius 3 is 2.38 bits per heavy atom. The SMILES string of the molecule is CN=C(NCc1cccc(COCC(F)(F)F)c1)NCc1cc(Cl)c(Cl)n1C.I. The summed E-state index contributed by atoms with van der Waals surface area (Å²) in [5.41, 5.74) is 2.45. The predicted octanol–water partition coefficient (Wildman–Crippen LogP) is 4.89. The monoisotopic (exact) mass is 564 g/mol. The molecule has 0 aliphatic carbocycles. The van der Waals surface area contributed by atoms with E-state index in [1.165, 1.54) is 0 Å². The molecule has 2 N–H and O–H groups in total. The standard InChI is InChI=1S/C18H21Cl2F3N4O.HI/c1-24-17(26-9-14-7-15(19)16(20)27(14)2)25-8-12-4-3-5-13(6-12)10-28-11-18(21,22)23;/h3-7H,8-11H2,1-2H3,(H2,24,25,26);1H. The number of hydrogen-bond donors (Lipinski definition) is 2. The smallest absolute Gasteiger partial charge is 0.367 e. The van der Waals surface area contributed by atoms with Gasteiger partial charge in [0.1, 0.15) is 11.8 Å². The lowest BCUT2D eigenvalue weighted by atomic mass is 10.1. The number of guanidine groups is 1. The molecule has 0 radical (unpaired) electrons. The lowest BCUT2D eigenvalue weighted by Gasteiger charge is -2.13. The number of benzene rings is 1.